The van der Waals surface area contributed by atoms with Crippen LogP contribution in [0.15, 0.2) is 0 Å². The number of rotatable bonds is 4. The molecule has 1 unspecified atom stereocenters. The third-order valence-electron chi connectivity index (χ3n) is 1.91. The highest BCUT2D eigenvalue weighted by Crippen LogP contribution is 2.38. The first-order chi connectivity index (χ1) is 5.08. The van der Waals surface area contributed by atoms with Crippen molar-refractivity contribution in [3.8, 4) is 0 Å². The van der Waals surface area contributed by atoms with Crippen molar-refractivity contribution >= 4 is 0 Å². The van der Waals surface area contributed by atoms with E-state index in [1.54, 1.807) is 0 Å². The minimum absolute atomic E-state index is 0.168. The van der Waals surface area contributed by atoms with Gasteiger partial charge in [-0.05, 0) is 25.8 Å². The van der Waals surface area contributed by atoms with Gasteiger partial charge in [0.05, 0.1) is 6.54 Å². The Morgan fingerprint density at radius 2 is 2.18 bits per heavy atom. The Morgan fingerprint density at radius 1 is 1.64 bits per heavy atom. The molecule has 0 bridgehead atoms. The van der Waals surface area contributed by atoms with E-state index < -0.39 is 18.6 Å². The summed E-state index contributed by atoms with van der Waals surface area (Å²) in [6, 6.07) is 0. The maximum Gasteiger partial charge on any atom is 0.285 e. The molecule has 4 heteroatoms. The highest BCUT2D eigenvalue weighted by Gasteiger charge is 2.46. The lowest BCUT2D eigenvalue weighted by Crippen LogP contribution is -2.43. The van der Waals surface area contributed by atoms with Crippen molar-refractivity contribution in [2.24, 2.45) is 5.92 Å². The van der Waals surface area contributed by atoms with Gasteiger partial charge in [-0.1, -0.05) is 0 Å². The van der Waals surface area contributed by atoms with E-state index >= 15 is 0 Å². The number of nitrogens with one attached hydrogen (secondary N) is 1. The highest BCUT2D eigenvalue weighted by atomic mass is 19.3. The van der Waals surface area contributed by atoms with Crippen LogP contribution >= 0.6 is 0 Å². The molecule has 0 aromatic heterocycles. The zero-order valence-electron chi connectivity index (χ0n) is 6.48. The number of halogens is 2. The summed E-state index contributed by atoms with van der Waals surface area (Å²) in [5.74, 6) is -3.13. The van der Waals surface area contributed by atoms with Crippen molar-refractivity contribution in [3.05, 3.63) is 0 Å². The zero-order chi connectivity index (χ0) is 8.48. The number of hydrogen-bond donors (Lipinski definition) is 2. The van der Waals surface area contributed by atoms with Crippen LogP contribution in [-0.2, 0) is 0 Å². The number of alkyl halides is 2. The van der Waals surface area contributed by atoms with Crippen LogP contribution in [-0.4, -0.2) is 30.7 Å². The Hall–Kier alpha value is -0.220. The van der Waals surface area contributed by atoms with Gasteiger partial charge in [0.1, 0.15) is 6.10 Å². The molecule has 66 valence electrons. The fourth-order valence-electron chi connectivity index (χ4n) is 1.10. The van der Waals surface area contributed by atoms with Crippen LogP contribution in [0.5, 0.6) is 0 Å². The van der Waals surface area contributed by atoms with Gasteiger partial charge in [0, 0.05) is 0 Å². The van der Waals surface area contributed by atoms with Crippen LogP contribution in [0.3, 0.4) is 0 Å². The maximum absolute atomic E-state index is 12.8. The number of aliphatic hydroxyl groups excluding tert-OH is 1. The molecular weight excluding hydrogens is 152 g/mol. The Morgan fingerprint density at radius 3 is 2.55 bits per heavy atom. The molecule has 0 saturated heterocycles. The van der Waals surface area contributed by atoms with Crippen molar-refractivity contribution in [3.63, 3.8) is 0 Å². The molecule has 1 aliphatic rings. The van der Waals surface area contributed by atoms with Gasteiger partial charge in [-0.25, -0.2) is 8.78 Å². The van der Waals surface area contributed by atoms with Crippen molar-refractivity contribution in [1.82, 2.24) is 5.32 Å². The van der Waals surface area contributed by atoms with Gasteiger partial charge in [-0.3, -0.25) is 0 Å². The molecule has 2 N–H and O–H groups in total. The van der Waals surface area contributed by atoms with Crippen molar-refractivity contribution in [2.45, 2.75) is 24.9 Å². The average molecular weight is 165 g/mol. The topological polar surface area (TPSA) is 32.3 Å². The third-order valence-corrected chi connectivity index (χ3v) is 1.91. The monoisotopic (exact) mass is 165 g/mol. The second-order valence-electron chi connectivity index (χ2n) is 3.07. The summed E-state index contributed by atoms with van der Waals surface area (Å²) in [5, 5.41) is 11.4. The van der Waals surface area contributed by atoms with Crippen LogP contribution in [0.2, 0.25) is 0 Å². The van der Waals surface area contributed by atoms with Crippen LogP contribution < -0.4 is 5.32 Å². The largest absolute Gasteiger partial charge is 0.387 e. The molecule has 0 heterocycles. The lowest BCUT2D eigenvalue weighted by atomic mass is 10.1. The summed E-state index contributed by atoms with van der Waals surface area (Å²) < 4.78 is 25.6. The molecule has 1 saturated carbocycles. The zero-order valence-corrected chi connectivity index (χ0v) is 6.48. The first-order valence-electron chi connectivity index (χ1n) is 3.78. The predicted octanol–water partition coefficient (Wildman–Crippen LogP) is 0.612. The molecule has 0 spiro atoms. The lowest BCUT2D eigenvalue weighted by Gasteiger charge is -2.21. The molecule has 1 aliphatic carbocycles. The van der Waals surface area contributed by atoms with E-state index in [4.69, 9.17) is 5.11 Å². The van der Waals surface area contributed by atoms with E-state index in [0.717, 1.165) is 12.8 Å². The Labute approximate surface area is 64.6 Å². The van der Waals surface area contributed by atoms with Gasteiger partial charge in [-0.15, -0.1) is 0 Å². The van der Waals surface area contributed by atoms with Crippen molar-refractivity contribution < 1.29 is 13.9 Å². The molecule has 0 amide bonds. The van der Waals surface area contributed by atoms with E-state index in [9.17, 15) is 8.78 Å². The van der Waals surface area contributed by atoms with Crippen molar-refractivity contribution in [1.29, 1.82) is 0 Å². The summed E-state index contributed by atoms with van der Waals surface area (Å²) in [4.78, 5) is 0. The molecule has 2 nitrogen and oxygen atoms in total. The van der Waals surface area contributed by atoms with Crippen LogP contribution in [0.1, 0.15) is 12.8 Å². The van der Waals surface area contributed by atoms with Crippen molar-refractivity contribution in [2.75, 3.05) is 13.6 Å². The van der Waals surface area contributed by atoms with Gasteiger partial charge in [0.15, 0.2) is 0 Å². The van der Waals surface area contributed by atoms with Crippen LogP contribution in [0.4, 0.5) is 8.78 Å². The highest BCUT2D eigenvalue weighted by molar-refractivity contribution is 4.90. The van der Waals surface area contributed by atoms with Gasteiger partial charge < -0.3 is 10.4 Å². The average Bonchev–Trinajstić information content (AvgIpc) is 2.67. The van der Waals surface area contributed by atoms with Gasteiger partial charge in [-0.2, -0.15) is 0 Å². The minimum atomic E-state index is -2.96. The third kappa shape index (κ3) is 2.10. The van der Waals surface area contributed by atoms with Gasteiger partial charge in [0.2, 0.25) is 0 Å². The van der Waals surface area contributed by atoms with E-state index in [1.807, 2.05) is 0 Å². The van der Waals surface area contributed by atoms with Crippen LogP contribution in [0.25, 0.3) is 0 Å². The van der Waals surface area contributed by atoms with Crippen LogP contribution in [0, 0.1) is 5.92 Å². The molecule has 1 fully saturated rings. The van der Waals surface area contributed by atoms with Gasteiger partial charge >= 0.3 is 0 Å². The minimum Gasteiger partial charge on any atom is -0.387 e. The molecular formula is C7H13F2NO. The summed E-state index contributed by atoms with van der Waals surface area (Å²) >= 11 is 0. The van der Waals surface area contributed by atoms with E-state index in [1.165, 1.54) is 7.05 Å². The first kappa shape index (κ1) is 8.87. The standard InChI is InChI=1S/C7H13F2NO/c1-10-4-7(8,9)6(11)5-2-3-5/h5-6,10-11H,2-4H2,1H3. The molecule has 0 aromatic carbocycles. The number of hydrogen-bond acceptors (Lipinski definition) is 2. The maximum atomic E-state index is 12.8. The first-order valence-corrected chi connectivity index (χ1v) is 3.78. The summed E-state index contributed by atoms with van der Waals surface area (Å²) in [6.45, 7) is -0.440. The van der Waals surface area contributed by atoms with Gasteiger partial charge in [0.25, 0.3) is 5.92 Å². The summed E-state index contributed by atoms with van der Waals surface area (Å²) in [6.07, 6.45) is 0.0240. The fourth-order valence-corrected chi connectivity index (χ4v) is 1.10. The Balaban J connectivity index is 2.40. The second kappa shape index (κ2) is 3.03. The number of aliphatic hydroxyl groups is 1. The molecule has 1 rings (SSSR count). The Bertz CT molecular complexity index is 136. The lowest BCUT2D eigenvalue weighted by molar-refractivity contribution is -0.113. The summed E-state index contributed by atoms with van der Waals surface area (Å²) in [7, 11) is 1.45. The SMILES string of the molecule is CNCC(F)(F)C(O)C1CC1. The normalized spacial score (nSPS) is 21.8. The van der Waals surface area contributed by atoms with E-state index in [-0.39, 0.29) is 5.92 Å². The van der Waals surface area contributed by atoms with E-state index in [2.05, 4.69) is 5.32 Å². The van der Waals surface area contributed by atoms with E-state index in [0.29, 0.717) is 0 Å². The Kier molecular flexibility index (Phi) is 2.44. The quantitative estimate of drug-likeness (QED) is 0.639. The molecule has 0 radical (unpaired) electrons. The molecule has 0 aliphatic heterocycles. The smallest absolute Gasteiger partial charge is 0.285 e. The molecule has 11 heavy (non-hydrogen) atoms. The molecule has 1 atom stereocenters. The molecule has 0 aromatic rings. The predicted molar refractivity (Wildman–Crippen MR) is 37.6 cm³/mol. The fraction of sp³-hybridized carbons (Fsp3) is 1.00. The second-order valence-corrected chi connectivity index (χ2v) is 3.07. The summed E-state index contributed by atoms with van der Waals surface area (Å²) in [5.41, 5.74) is 0.